The molecule has 2 aliphatic rings. The summed E-state index contributed by atoms with van der Waals surface area (Å²) in [5.41, 5.74) is 3.18. The van der Waals surface area contributed by atoms with E-state index in [1.165, 1.54) is 50.3 Å². The quantitative estimate of drug-likeness (QED) is 0.571. The molecule has 1 aliphatic carbocycles. The Kier molecular flexibility index (Phi) is 6.96. The lowest BCUT2D eigenvalue weighted by Crippen LogP contribution is -2.49. The first kappa shape index (κ1) is 21.9. The lowest BCUT2D eigenvalue weighted by Gasteiger charge is -2.44. The molecular weight excluding hydrogens is 382 g/mol. The number of hydrogen-bond acceptors (Lipinski definition) is 3. The summed E-state index contributed by atoms with van der Waals surface area (Å²) in [5, 5.41) is 0. The van der Waals surface area contributed by atoms with Gasteiger partial charge in [-0.25, -0.2) is 0 Å². The number of likely N-dealkylation sites (tertiary alicyclic amines) is 1. The van der Waals surface area contributed by atoms with Gasteiger partial charge in [0.15, 0.2) is 0 Å². The molecule has 2 aromatic carbocycles. The fourth-order valence-corrected chi connectivity index (χ4v) is 5.01. The monoisotopic (exact) mass is 419 g/mol. The number of carbonyl (C=O) groups is 1. The zero-order chi connectivity index (χ0) is 21.8. The lowest BCUT2D eigenvalue weighted by molar-refractivity contribution is 0.0773. The van der Waals surface area contributed by atoms with Crippen LogP contribution in [-0.4, -0.2) is 54.5 Å². The van der Waals surface area contributed by atoms with Gasteiger partial charge in [-0.05, 0) is 81.3 Å². The number of hydrogen-bond donors (Lipinski definition) is 0. The minimum absolute atomic E-state index is 0.115. The van der Waals surface area contributed by atoms with Gasteiger partial charge in [-0.1, -0.05) is 25.1 Å². The maximum absolute atomic E-state index is 12.7. The Morgan fingerprint density at radius 2 is 1.58 bits per heavy atom. The fourth-order valence-electron chi connectivity index (χ4n) is 5.01. The van der Waals surface area contributed by atoms with E-state index in [4.69, 9.17) is 0 Å². The molecule has 2 aromatic rings. The van der Waals surface area contributed by atoms with Gasteiger partial charge in [-0.3, -0.25) is 4.79 Å². The van der Waals surface area contributed by atoms with Crippen LogP contribution >= 0.6 is 0 Å². The number of para-hydroxylation sites is 1. The molecule has 166 valence electrons. The molecule has 0 aromatic heterocycles. The summed E-state index contributed by atoms with van der Waals surface area (Å²) < 4.78 is 0. The Labute approximate surface area is 187 Å². The van der Waals surface area contributed by atoms with Crippen LogP contribution < -0.4 is 4.90 Å². The second kappa shape index (κ2) is 9.86. The van der Waals surface area contributed by atoms with Crippen molar-refractivity contribution in [3.63, 3.8) is 0 Å². The number of piperidine rings is 1. The van der Waals surface area contributed by atoms with Crippen molar-refractivity contribution in [2.24, 2.45) is 11.8 Å². The number of rotatable bonds is 8. The van der Waals surface area contributed by atoms with E-state index < -0.39 is 0 Å². The predicted octanol–water partition coefficient (Wildman–Crippen LogP) is 5.43. The van der Waals surface area contributed by atoms with Crippen LogP contribution in [0, 0.1) is 11.8 Å². The summed E-state index contributed by atoms with van der Waals surface area (Å²) in [7, 11) is 0. The number of amides is 1. The molecule has 1 amide bonds. The van der Waals surface area contributed by atoms with Crippen LogP contribution in [0.3, 0.4) is 0 Å². The molecule has 4 rings (SSSR count). The maximum Gasteiger partial charge on any atom is 0.253 e. The van der Waals surface area contributed by atoms with E-state index in [1.807, 2.05) is 30.9 Å². The molecular formula is C27H37N3O. The van der Waals surface area contributed by atoms with Crippen molar-refractivity contribution in [1.82, 2.24) is 9.80 Å². The molecule has 0 spiro atoms. The Morgan fingerprint density at radius 3 is 2.16 bits per heavy atom. The van der Waals surface area contributed by atoms with Gasteiger partial charge in [-0.2, -0.15) is 0 Å². The molecule has 2 fully saturated rings. The molecule has 1 aliphatic heterocycles. The van der Waals surface area contributed by atoms with E-state index in [0.717, 1.165) is 24.6 Å². The average molecular weight is 420 g/mol. The van der Waals surface area contributed by atoms with Crippen LogP contribution in [0.5, 0.6) is 0 Å². The van der Waals surface area contributed by atoms with E-state index in [-0.39, 0.29) is 5.91 Å². The molecule has 1 heterocycles. The van der Waals surface area contributed by atoms with Crippen molar-refractivity contribution in [3.8, 4) is 0 Å². The molecule has 0 unspecified atom stereocenters. The molecule has 0 N–H and O–H groups in total. The Hall–Kier alpha value is -2.33. The van der Waals surface area contributed by atoms with Crippen LogP contribution in [0.25, 0.3) is 0 Å². The van der Waals surface area contributed by atoms with Crippen molar-refractivity contribution >= 4 is 17.3 Å². The van der Waals surface area contributed by atoms with Gasteiger partial charge >= 0.3 is 0 Å². The lowest BCUT2D eigenvalue weighted by atomic mass is 9.91. The van der Waals surface area contributed by atoms with Crippen LogP contribution in [-0.2, 0) is 0 Å². The molecule has 2 atom stereocenters. The molecule has 1 saturated heterocycles. The third-order valence-electron chi connectivity index (χ3n) is 6.97. The first-order valence-corrected chi connectivity index (χ1v) is 12.1. The Balaban J connectivity index is 1.56. The molecule has 1 saturated carbocycles. The van der Waals surface area contributed by atoms with Crippen molar-refractivity contribution in [1.29, 1.82) is 0 Å². The van der Waals surface area contributed by atoms with Crippen LogP contribution in [0.2, 0.25) is 0 Å². The number of benzene rings is 2. The summed E-state index contributed by atoms with van der Waals surface area (Å²) in [6.07, 6.45) is 4.01. The third kappa shape index (κ3) is 5.12. The van der Waals surface area contributed by atoms with E-state index in [9.17, 15) is 4.79 Å². The van der Waals surface area contributed by atoms with Gasteiger partial charge in [0, 0.05) is 55.7 Å². The van der Waals surface area contributed by atoms with E-state index in [0.29, 0.717) is 12.0 Å². The van der Waals surface area contributed by atoms with Crippen molar-refractivity contribution < 1.29 is 4.79 Å². The molecule has 4 nitrogen and oxygen atoms in total. The highest BCUT2D eigenvalue weighted by atomic mass is 16.2. The first-order valence-electron chi connectivity index (χ1n) is 12.1. The van der Waals surface area contributed by atoms with Crippen molar-refractivity contribution in [2.75, 3.05) is 37.6 Å². The normalized spacial score (nSPS) is 21.6. The van der Waals surface area contributed by atoms with Crippen LogP contribution in [0.15, 0.2) is 54.6 Å². The standard InChI is InChI=1S/C27H37N3O/c1-4-29(5-2)27(31)23-13-15-25(16-14-23)30(24-9-7-6-8-10-24)26-17-18-28(19-21(26)3)20-22-11-12-22/h6-10,13-16,21-22,26H,4-5,11-12,17-20H2,1-3H3/t21-,26-/m0/s1. The maximum atomic E-state index is 12.7. The number of anilines is 2. The van der Waals surface area contributed by atoms with E-state index in [1.54, 1.807) is 0 Å². The van der Waals surface area contributed by atoms with Crippen molar-refractivity contribution in [3.05, 3.63) is 60.2 Å². The highest BCUT2D eigenvalue weighted by Gasteiger charge is 2.34. The highest BCUT2D eigenvalue weighted by molar-refractivity contribution is 5.94. The summed E-state index contributed by atoms with van der Waals surface area (Å²) in [4.78, 5) is 19.8. The molecule has 0 radical (unpaired) electrons. The highest BCUT2D eigenvalue weighted by Crippen LogP contribution is 2.36. The summed E-state index contributed by atoms with van der Waals surface area (Å²) in [6.45, 7) is 11.6. The number of nitrogens with zero attached hydrogens (tertiary/aromatic N) is 3. The molecule has 0 bridgehead atoms. The minimum atomic E-state index is 0.115. The molecule has 31 heavy (non-hydrogen) atoms. The zero-order valence-corrected chi connectivity index (χ0v) is 19.3. The second-order valence-corrected chi connectivity index (χ2v) is 9.27. The third-order valence-corrected chi connectivity index (χ3v) is 6.97. The largest absolute Gasteiger partial charge is 0.339 e. The SMILES string of the molecule is CCN(CC)C(=O)c1ccc(N(c2ccccc2)[C@H]2CCN(CC3CC3)C[C@@H]2C)cc1. The predicted molar refractivity (Wildman–Crippen MR) is 129 cm³/mol. The molecule has 4 heteroatoms. The van der Waals surface area contributed by atoms with Crippen LogP contribution in [0.1, 0.15) is 50.4 Å². The summed E-state index contributed by atoms with van der Waals surface area (Å²) in [5.74, 6) is 1.65. The fraction of sp³-hybridized carbons (Fsp3) is 0.519. The van der Waals surface area contributed by atoms with Crippen LogP contribution in [0.4, 0.5) is 11.4 Å². The van der Waals surface area contributed by atoms with Gasteiger partial charge in [-0.15, -0.1) is 0 Å². The van der Waals surface area contributed by atoms with Gasteiger partial charge in [0.25, 0.3) is 5.91 Å². The topological polar surface area (TPSA) is 26.8 Å². The van der Waals surface area contributed by atoms with Gasteiger partial charge in [0.1, 0.15) is 0 Å². The van der Waals surface area contributed by atoms with Gasteiger partial charge < -0.3 is 14.7 Å². The summed E-state index contributed by atoms with van der Waals surface area (Å²) >= 11 is 0. The Morgan fingerprint density at radius 1 is 0.935 bits per heavy atom. The summed E-state index contributed by atoms with van der Waals surface area (Å²) in [6, 6.07) is 19.5. The van der Waals surface area contributed by atoms with Gasteiger partial charge in [0.2, 0.25) is 0 Å². The van der Waals surface area contributed by atoms with Gasteiger partial charge in [0.05, 0.1) is 0 Å². The number of carbonyl (C=O) groups excluding carboxylic acids is 1. The minimum Gasteiger partial charge on any atom is -0.339 e. The average Bonchev–Trinajstić information content (AvgIpc) is 3.61. The zero-order valence-electron chi connectivity index (χ0n) is 19.3. The second-order valence-electron chi connectivity index (χ2n) is 9.27. The van der Waals surface area contributed by atoms with E-state index in [2.05, 4.69) is 59.2 Å². The van der Waals surface area contributed by atoms with Crippen molar-refractivity contribution in [2.45, 2.75) is 46.1 Å². The van der Waals surface area contributed by atoms with E-state index >= 15 is 0 Å². The first-order chi connectivity index (χ1) is 15.1. The smallest absolute Gasteiger partial charge is 0.253 e. The Bertz CT molecular complexity index is 843.